The fraction of sp³-hybridized carbons (Fsp3) is 0.462. The standard InChI is InChI=1S/C13H17ClO3/c1-8-4-5-10(7-11(8)14)12(15)6-9(2)13(16)17-3/h4-5,7,9,12,15H,6H2,1-3H3. The molecule has 1 rings (SSSR count). The van der Waals surface area contributed by atoms with Gasteiger partial charge in [-0.25, -0.2) is 0 Å². The van der Waals surface area contributed by atoms with Gasteiger partial charge >= 0.3 is 5.97 Å². The number of aryl methyl sites for hydroxylation is 1. The molecule has 0 amide bonds. The number of benzene rings is 1. The SMILES string of the molecule is COC(=O)C(C)CC(O)c1ccc(C)c(Cl)c1. The molecule has 2 atom stereocenters. The lowest BCUT2D eigenvalue weighted by Gasteiger charge is -2.15. The zero-order valence-electron chi connectivity index (χ0n) is 10.2. The Hall–Kier alpha value is -1.06. The van der Waals surface area contributed by atoms with E-state index in [0.717, 1.165) is 11.1 Å². The molecule has 1 aromatic rings. The summed E-state index contributed by atoms with van der Waals surface area (Å²) in [6, 6.07) is 5.39. The molecule has 0 aliphatic rings. The lowest BCUT2D eigenvalue weighted by atomic mass is 9.98. The third kappa shape index (κ3) is 3.72. The Morgan fingerprint density at radius 3 is 2.71 bits per heavy atom. The molecule has 94 valence electrons. The predicted molar refractivity (Wildman–Crippen MR) is 66.9 cm³/mol. The summed E-state index contributed by atoms with van der Waals surface area (Å²) < 4.78 is 4.62. The van der Waals surface area contributed by atoms with Gasteiger partial charge in [0.2, 0.25) is 0 Å². The van der Waals surface area contributed by atoms with Gasteiger partial charge in [0.25, 0.3) is 0 Å². The predicted octanol–water partition coefficient (Wildman–Crippen LogP) is 2.88. The second-order valence-electron chi connectivity index (χ2n) is 4.18. The van der Waals surface area contributed by atoms with Crippen molar-refractivity contribution >= 4 is 17.6 Å². The summed E-state index contributed by atoms with van der Waals surface area (Å²) in [5, 5.41) is 10.6. The molecule has 1 aromatic carbocycles. The average molecular weight is 257 g/mol. The van der Waals surface area contributed by atoms with Crippen LogP contribution in [0.3, 0.4) is 0 Å². The van der Waals surface area contributed by atoms with Gasteiger partial charge in [0, 0.05) is 5.02 Å². The second-order valence-corrected chi connectivity index (χ2v) is 4.59. The molecule has 0 spiro atoms. The third-order valence-electron chi connectivity index (χ3n) is 2.76. The molecule has 0 fully saturated rings. The van der Waals surface area contributed by atoms with Crippen LogP contribution in [0.5, 0.6) is 0 Å². The number of methoxy groups -OCH3 is 1. The number of carbonyl (C=O) groups excluding carboxylic acids is 1. The molecule has 0 saturated heterocycles. The van der Waals surface area contributed by atoms with Crippen molar-refractivity contribution in [3.8, 4) is 0 Å². The molecule has 0 bridgehead atoms. The lowest BCUT2D eigenvalue weighted by molar-refractivity contribution is -0.145. The molecule has 0 radical (unpaired) electrons. The van der Waals surface area contributed by atoms with Crippen molar-refractivity contribution < 1.29 is 14.6 Å². The van der Waals surface area contributed by atoms with Crippen LogP contribution >= 0.6 is 11.6 Å². The quantitative estimate of drug-likeness (QED) is 0.843. The van der Waals surface area contributed by atoms with Crippen LogP contribution in [0.4, 0.5) is 0 Å². The molecule has 0 aromatic heterocycles. The summed E-state index contributed by atoms with van der Waals surface area (Å²) in [5.41, 5.74) is 1.68. The number of aliphatic hydroxyl groups is 1. The van der Waals surface area contributed by atoms with E-state index in [2.05, 4.69) is 4.74 Å². The molecule has 4 heteroatoms. The fourth-order valence-electron chi connectivity index (χ4n) is 1.58. The number of hydrogen-bond acceptors (Lipinski definition) is 3. The largest absolute Gasteiger partial charge is 0.469 e. The highest BCUT2D eigenvalue weighted by atomic mass is 35.5. The maximum absolute atomic E-state index is 11.2. The van der Waals surface area contributed by atoms with E-state index in [0.29, 0.717) is 11.4 Å². The number of halogens is 1. The molecular weight excluding hydrogens is 240 g/mol. The highest BCUT2D eigenvalue weighted by Gasteiger charge is 2.19. The van der Waals surface area contributed by atoms with Crippen molar-refractivity contribution in [1.82, 2.24) is 0 Å². The van der Waals surface area contributed by atoms with Crippen molar-refractivity contribution in [3.05, 3.63) is 34.3 Å². The molecule has 0 saturated carbocycles. The van der Waals surface area contributed by atoms with E-state index in [9.17, 15) is 9.90 Å². The third-order valence-corrected chi connectivity index (χ3v) is 3.17. The molecule has 17 heavy (non-hydrogen) atoms. The van der Waals surface area contributed by atoms with Crippen LogP contribution in [0.15, 0.2) is 18.2 Å². The maximum atomic E-state index is 11.2. The van der Waals surface area contributed by atoms with Gasteiger partial charge < -0.3 is 9.84 Å². The minimum absolute atomic E-state index is 0.317. The van der Waals surface area contributed by atoms with Gasteiger partial charge in [-0.05, 0) is 30.5 Å². The van der Waals surface area contributed by atoms with E-state index in [1.54, 1.807) is 13.0 Å². The fourth-order valence-corrected chi connectivity index (χ4v) is 1.77. The minimum Gasteiger partial charge on any atom is -0.469 e. The van der Waals surface area contributed by atoms with Gasteiger partial charge in [0.05, 0.1) is 19.1 Å². The molecular formula is C13H17ClO3. The number of aliphatic hydroxyl groups excluding tert-OH is 1. The van der Waals surface area contributed by atoms with Crippen LogP contribution in [0.2, 0.25) is 5.02 Å². The van der Waals surface area contributed by atoms with Gasteiger partial charge in [0.1, 0.15) is 0 Å². The number of hydrogen-bond donors (Lipinski definition) is 1. The van der Waals surface area contributed by atoms with E-state index < -0.39 is 6.10 Å². The molecule has 2 unspecified atom stereocenters. The van der Waals surface area contributed by atoms with Gasteiger partial charge in [-0.2, -0.15) is 0 Å². The topological polar surface area (TPSA) is 46.5 Å². The molecule has 0 aliphatic carbocycles. The highest BCUT2D eigenvalue weighted by molar-refractivity contribution is 6.31. The first-order valence-electron chi connectivity index (χ1n) is 5.47. The normalized spacial score (nSPS) is 14.2. The van der Waals surface area contributed by atoms with Crippen molar-refractivity contribution in [2.45, 2.75) is 26.4 Å². The average Bonchev–Trinajstić information content (AvgIpc) is 2.31. The van der Waals surface area contributed by atoms with Crippen molar-refractivity contribution in [2.24, 2.45) is 5.92 Å². The Bertz CT molecular complexity index is 404. The van der Waals surface area contributed by atoms with Crippen molar-refractivity contribution in [3.63, 3.8) is 0 Å². The zero-order chi connectivity index (χ0) is 13.0. The molecule has 1 N–H and O–H groups in total. The monoisotopic (exact) mass is 256 g/mol. The van der Waals surface area contributed by atoms with E-state index in [1.807, 2.05) is 19.1 Å². The van der Waals surface area contributed by atoms with Crippen LogP contribution in [0.1, 0.15) is 30.6 Å². The highest BCUT2D eigenvalue weighted by Crippen LogP contribution is 2.25. The minimum atomic E-state index is -0.706. The van der Waals surface area contributed by atoms with Crippen LogP contribution in [-0.2, 0) is 9.53 Å². The number of rotatable bonds is 4. The first-order chi connectivity index (χ1) is 7.95. The molecule has 3 nitrogen and oxygen atoms in total. The Balaban J connectivity index is 2.72. The van der Waals surface area contributed by atoms with E-state index in [-0.39, 0.29) is 11.9 Å². The lowest BCUT2D eigenvalue weighted by Crippen LogP contribution is -2.16. The van der Waals surface area contributed by atoms with Crippen LogP contribution in [0, 0.1) is 12.8 Å². The molecule has 0 heterocycles. The summed E-state index contributed by atoms with van der Waals surface area (Å²) in [7, 11) is 1.34. The van der Waals surface area contributed by atoms with Crippen LogP contribution in [0.25, 0.3) is 0 Å². The van der Waals surface area contributed by atoms with Crippen molar-refractivity contribution in [2.75, 3.05) is 7.11 Å². The second kappa shape index (κ2) is 6.03. The van der Waals surface area contributed by atoms with Gasteiger partial charge in [-0.3, -0.25) is 4.79 Å². The summed E-state index contributed by atoms with van der Waals surface area (Å²) in [6.45, 7) is 3.63. The van der Waals surface area contributed by atoms with Crippen LogP contribution in [-0.4, -0.2) is 18.2 Å². The first-order valence-corrected chi connectivity index (χ1v) is 5.85. The Labute approximate surface area is 106 Å². The Kier molecular flexibility index (Phi) is 4.97. The van der Waals surface area contributed by atoms with Crippen molar-refractivity contribution in [1.29, 1.82) is 0 Å². The van der Waals surface area contributed by atoms with Gasteiger partial charge in [-0.1, -0.05) is 30.7 Å². The smallest absolute Gasteiger partial charge is 0.308 e. The number of ether oxygens (including phenoxy) is 1. The number of esters is 1. The Morgan fingerprint density at radius 2 is 2.18 bits per heavy atom. The van der Waals surface area contributed by atoms with Gasteiger partial charge in [0.15, 0.2) is 0 Å². The van der Waals surface area contributed by atoms with Gasteiger partial charge in [-0.15, -0.1) is 0 Å². The first kappa shape index (κ1) is 14.0. The van der Waals surface area contributed by atoms with Crippen LogP contribution < -0.4 is 0 Å². The summed E-state index contributed by atoms with van der Waals surface area (Å²) in [5.74, 6) is -0.655. The maximum Gasteiger partial charge on any atom is 0.308 e. The summed E-state index contributed by atoms with van der Waals surface area (Å²) in [6.07, 6.45) is -0.381. The number of carbonyl (C=O) groups is 1. The van der Waals surface area contributed by atoms with E-state index in [4.69, 9.17) is 11.6 Å². The van der Waals surface area contributed by atoms with E-state index >= 15 is 0 Å². The summed E-state index contributed by atoms with van der Waals surface area (Å²) in [4.78, 5) is 11.2. The zero-order valence-corrected chi connectivity index (χ0v) is 11.0. The Morgan fingerprint density at radius 1 is 1.53 bits per heavy atom. The molecule has 0 aliphatic heterocycles. The summed E-state index contributed by atoms with van der Waals surface area (Å²) >= 11 is 5.98. The van der Waals surface area contributed by atoms with E-state index in [1.165, 1.54) is 7.11 Å².